The minimum absolute atomic E-state index is 0.0811. The van der Waals surface area contributed by atoms with E-state index in [2.05, 4.69) is 4.98 Å². The predicted octanol–water partition coefficient (Wildman–Crippen LogP) is 5.91. The van der Waals surface area contributed by atoms with E-state index in [0.29, 0.717) is 16.4 Å². The second kappa shape index (κ2) is 10.2. The number of rotatable bonds is 7. The first kappa shape index (κ1) is 26.5. The van der Waals surface area contributed by atoms with E-state index < -0.39 is 34.9 Å². The van der Waals surface area contributed by atoms with Gasteiger partial charge in [0.05, 0.1) is 33.7 Å². The quantitative estimate of drug-likeness (QED) is 0.0820. The molecule has 0 saturated carbocycles. The van der Waals surface area contributed by atoms with Crippen LogP contribution in [-0.4, -0.2) is 44.2 Å². The second-order valence-corrected chi connectivity index (χ2v) is 9.77. The molecule has 0 amide bonds. The van der Waals surface area contributed by atoms with Crippen molar-refractivity contribution in [1.82, 2.24) is 9.38 Å². The summed E-state index contributed by atoms with van der Waals surface area (Å²) in [6, 6.07) is 15.9. The zero-order valence-electron chi connectivity index (χ0n) is 22.2. The van der Waals surface area contributed by atoms with E-state index in [1.54, 1.807) is 56.5 Å². The van der Waals surface area contributed by atoms with Crippen molar-refractivity contribution in [2.24, 2.45) is 0 Å². The Morgan fingerprint density at radius 2 is 1.43 bits per heavy atom. The number of hydrogen-bond acceptors (Lipinski definition) is 8. The van der Waals surface area contributed by atoms with Crippen molar-refractivity contribution in [3.63, 3.8) is 0 Å². The van der Waals surface area contributed by atoms with Gasteiger partial charge in [0.25, 0.3) is 5.69 Å². The fraction of sp³-hybridized carbons (Fsp3) is 0.200. The number of carbonyl (C=O) groups excluding carboxylic acids is 3. The molecule has 0 fully saturated rings. The lowest BCUT2D eigenvalue weighted by Gasteiger charge is -2.12. The maximum Gasteiger partial charge on any atom is 0.341 e. The third-order valence-corrected chi connectivity index (χ3v) is 6.28. The van der Waals surface area contributed by atoms with Crippen LogP contribution >= 0.6 is 0 Å². The molecule has 5 aromatic rings. The number of ether oxygens (including phenoxy) is 2. The van der Waals surface area contributed by atoms with Gasteiger partial charge in [0.1, 0.15) is 16.8 Å². The summed E-state index contributed by atoms with van der Waals surface area (Å²) in [6.45, 7) is 6.67. The van der Waals surface area contributed by atoms with Gasteiger partial charge in [0.15, 0.2) is 0 Å². The molecular weight excluding hydrogens is 514 g/mol. The Labute approximate surface area is 228 Å². The van der Waals surface area contributed by atoms with Gasteiger partial charge in [-0.05, 0) is 52.0 Å². The molecule has 40 heavy (non-hydrogen) atoms. The number of nitro groups is 1. The van der Waals surface area contributed by atoms with Gasteiger partial charge in [-0.2, -0.15) is 0 Å². The summed E-state index contributed by atoms with van der Waals surface area (Å²) < 4.78 is 12.6. The first-order valence-corrected chi connectivity index (χ1v) is 12.6. The lowest BCUT2D eigenvalue weighted by atomic mass is 10.0. The number of esters is 2. The van der Waals surface area contributed by atoms with Gasteiger partial charge in [0, 0.05) is 34.7 Å². The molecule has 3 heterocycles. The SMILES string of the molecule is CC(C)OC(=O)c1c(C(=O)OC(C)C)c2ccc3ccc4cccnc4c3n2c1C(=O)c1ccc([N+](=O)[O-])cc1. The van der Waals surface area contributed by atoms with Crippen molar-refractivity contribution < 1.29 is 28.8 Å². The van der Waals surface area contributed by atoms with Gasteiger partial charge in [-0.3, -0.25) is 19.9 Å². The minimum Gasteiger partial charge on any atom is -0.459 e. The zero-order chi connectivity index (χ0) is 28.7. The standard InChI is InChI=1S/C30H25N3O7/c1-16(2)39-29(35)23-22-14-11-19-8-7-18-6-5-15-31-25(18)26(19)32(22)27(24(23)30(36)40-17(3)4)28(34)20-9-12-21(13-10-20)33(37)38/h5-17H,1-4H3. The van der Waals surface area contributed by atoms with Crippen molar-refractivity contribution in [1.29, 1.82) is 0 Å². The largest absolute Gasteiger partial charge is 0.459 e. The number of nitrogens with zero attached hydrogens (tertiary/aromatic N) is 3. The molecule has 10 heteroatoms. The number of carbonyl (C=O) groups is 3. The molecule has 0 unspecified atom stereocenters. The van der Waals surface area contributed by atoms with Crippen LogP contribution in [0.15, 0.2) is 66.9 Å². The van der Waals surface area contributed by atoms with Crippen LogP contribution in [0.2, 0.25) is 0 Å². The minimum atomic E-state index is -0.874. The van der Waals surface area contributed by atoms with Crippen LogP contribution < -0.4 is 0 Å². The van der Waals surface area contributed by atoms with E-state index >= 15 is 0 Å². The Bertz CT molecular complexity index is 1840. The van der Waals surface area contributed by atoms with Gasteiger partial charge in [-0.1, -0.05) is 24.3 Å². The highest BCUT2D eigenvalue weighted by molar-refractivity contribution is 6.21. The molecule has 0 aliphatic heterocycles. The van der Waals surface area contributed by atoms with Crippen LogP contribution in [0.5, 0.6) is 0 Å². The molecule has 0 spiro atoms. The molecule has 202 valence electrons. The Kier molecular flexibility index (Phi) is 6.76. The van der Waals surface area contributed by atoms with Crippen LogP contribution in [0.25, 0.3) is 27.3 Å². The highest BCUT2D eigenvalue weighted by Gasteiger charge is 2.35. The van der Waals surface area contributed by atoms with Crippen molar-refractivity contribution in [3.05, 3.63) is 99.4 Å². The number of pyridine rings is 2. The van der Waals surface area contributed by atoms with Gasteiger partial charge < -0.3 is 13.9 Å². The molecule has 0 aliphatic carbocycles. The molecule has 3 aromatic heterocycles. The third kappa shape index (κ3) is 4.53. The fourth-order valence-electron chi connectivity index (χ4n) is 4.70. The molecule has 0 aliphatic rings. The number of aromatic nitrogens is 2. The number of fused-ring (bicyclic) bond motifs is 5. The monoisotopic (exact) mass is 539 g/mol. The summed E-state index contributed by atoms with van der Waals surface area (Å²) in [4.78, 5) is 56.6. The van der Waals surface area contributed by atoms with Gasteiger partial charge in [0.2, 0.25) is 5.78 Å². The molecular formula is C30H25N3O7. The summed E-state index contributed by atoms with van der Waals surface area (Å²) in [7, 11) is 0. The predicted molar refractivity (Wildman–Crippen MR) is 148 cm³/mol. The molecule has 5 rings (SSSR count). The molecule has 0 atom stereocenters. The third-order valence-electron chi connectivity index (χ3n) is 6.28. The van der Waals surface area contributed by atoms with E-state index in [-0.39, 0.29) is 33.6 Å². The molecule has 0 bridgehead atoms. The van der Waals surface area contributed by atoms with Gasteiger partial charge >= 0.3 is 11.9 Å². The van der Waals surface area contributed by atoms with E-state index in [4.69, 9.17) is 9.47 Å². The Morgan fingerprint density at radius 3 is 2.05 bits per heavy atom. The smallest absolute Gasteiger partial charge is 0.341 e. The number of hydrogen-bond donors (Lipinski definition) is 0. The number of non-ortho nitro benzene ring substituents is 1. The average Bonchev–Trinajstić information content (AvgIpc) is 3.27. The first-order chi connectivity index (χ1) is 19.1. The van der Waals surface area contributed by atoms with Crippen LogP contribution in [0, 0.1) is 10.1 Å². The van der Waals surface area contributed by atoms with Crippen LogP contribution in [-0.2, 0) is 9.47 Å². The highest BCUT2D eigenvalue weighted by atomic mass is 16.6. The van der Waals surface area contributed by atoms with E-state index in [0.717, 1.165) is 5.39 Å². The number of ketones is 1. The van der Waals surface area contributed by atoms with E-state index in [1.165, 1.54) is 24.3 Å². The lowest BCUT2D eigenvalue weighted by Crippen LogP contribution is -2.20. The maximum atomic E-state index is 14.2. The van der Waals surface area contributed by atoms with Crippen LogP contribution in [0.3, 0.4) is 0 Å². The summed E-state index contributed by atoms with van der Waals surface area (Å²) in [5.74, 6) is -2.30. The average molecular weight is 540 g/mol. The van der Waals surface area contributed by atoms with E-state index in [9.17, 15) is 24.5 Å². The molecule has 10 nitrogen and oxygen atoms in total. The van der Waals surface area contributed by atoms with E-state index in [1.807, 2.05) is 18.2 Å². The lowest BCUT2D eigenvalue weighted by molar-refractivity contribution is -0.384. The highest BCUT2D eigenvalue weighted by Crippen LogP contribution is 2.34. The maximum absolute atomic E-state index is 14.2. The summed E-state index contributed by atoms with van der Waals surface area (Å²) in [5, 5.41) is 12.7. The summed E-state index contributed by atoms with van der Waals surface area (Å²) in [5.41, 5.74) is 0.707. The summed E-state index contributed by atoms with van der Waals surface area (Å²) >= 11 is 0. The van der Waals surface area contributed by atoms with Gasteiger partial charge in [-0.25, -0.2) is 9.59 Å². The second-order valence-electron chi connectivity index (χ2n) is 9.77. The molecule has 0 N–H and O–H groups in total. The molecule has 0 radical (unpaired) electrons. The van der Waals surface area contributed by atoms with Crippen LogP contribution in [0.4, 0.5) is 5.69 Å². The van der Waals surface area contributed by atoms with Crippen molar-refractivity contribution >= 4 is 50.7 Å². The Morgan fingerprint density at radius 1 is 0.825 bits per heavy atom. The zero-order valence-corrected chi connectivity index (χ0v) is 22.2. The summed E-state index contributed by atoms with van der Waals surface area (Å²) in [6.07, 6.45) is 0.559. The molecule has 2 aromatic carbocycles. The van der Waals surface area contributed by atoms with Crippen LogP contribution in [0.1, 0.15) is 64.5 Å². The number of benzene rings is 2. The molecule has 0 saturated heterocycles. The van der Waals surface area contributed by atoms with Crippen molar-refractivity contribution in [2.75, 3.05) is 0 Å². The van der Waals surface area contributed by atoms with Crippen molar-refractivity contribution in [3.8, 4) is 0 Å². The Balaban J connectivity index is 1.95. The van der Waals surface area contributed by atoms with Crippen molar-refractivity contribution in [2.45, 2.75) is 39.9 Å². The first-order valence-electron chi connectivity index (χ1n) is 12.6. The van der Waals surface area contributed by atoms with Gasteiger partial charge in [-0.15, -0.1) is 0 Å². The number of nitro benzene ring substituents is 1. The Hall–Kier alpha value is -5.12. The topological polar surface area (TPSA) is 130 Å². The normalized spacial score (nSPS) is 11.4. The fourth-order valence-corrected chi connectivity index (χ4v) is 4.70.